The van der Waals surface area contributed by atoms with Gasteiger partial charge in [-0.15, -0.1) is 0 Å². The highest BCUT2D eigenvalue weighted by Gasteiger charge is 2.35. The summed E-state index contributed by atoms with van der Waals surface area (Å²) in [5.74, 6) is -0.596. The molecule has 0 radical (unpaired) electrons. The third-order valence-corrected chi connectivity index (χ3v) is 7.90. The predicted octanol–water partition coefficient (Wildman–Crippen LogP) is 6.52. The van der Waals surface area contributed by atoms with E-state index < -0.39 is 17.7 Å². The van der Waals surface area contributed by atoms with E-state index in [9.17, 15) is 27.6 Å². The molecule has 4 rings (SSSR count). The van der Waals surface area contributed by atoms with Crippen LogP contribution in [-0.4, -0.2) is 45.0 Å². The number of likely N-dealkylation sites (tertiary alicyclic amines) is 1. The molecule has 38 heavy (non-hydrogen) atoms. The van der Waals surface area contributed by atoms with Crippen LogP contribution in [0.3, 0.4) is 0 Å². The van der Waals surface area contributed by atoms with Crippen LogP contribution in [0.15, 0.2) is 24.3 Å². The van der Waals surface area contributed by atoms with E-state index in [4.69, 9.17) is 23.2 Å². The number of nitrogens with zero attached hydrogens (tertiary/aromatic N) is 3. The van der Waals surface area contributed by atoms with Crippen LogP contribution in [-0.2, 0) is 18.0 Å². The van der Waals surface area contributed by atoms with Crippen molar-refractivity contribution in [1.82, 2.24) is 14.5 Å². The molecule has 3 aromatic rings. The van der Waals surface area contributed by atoms with E-state index in [1.54, 1.807) is 11.8 Å². The van der Waals surface area contributed by atoms with Crippen molar-refractivity contribution in [2.45, 2.75) is 39.8 Å². The zero-order valence-electron chi connectivity index (χ0n) is 21.2. The van der Waals surface area contributed by atoms with Crippen LogP contribution in [0.2, 0.25) is 10.0 Å². The second kappa shape index (κ2) is 10.3. The van der Waals surface area contributed by atoms with E-state index in [1.165, 1.54) is 36.7 Å². The van der Waals surface area contributed by atoms with Crippen molar-refractivity contribution in [2.75, 3.05) is 13.1 Å². The Hall–Kier alpha value is -2.91. The number of benzene rings is 1. The number of carbonyl (C=O) groups is 3. The van der Waals surface area contributed by atoms with E-state index in [0.29, 0.717) is 36.9 Å². The van der Waals surface area contributed by atoms with Crippen molar-refractivity contribution in [3.05, 3.63) is 62.4 Å². The Labute approximate surface area is 227 Å². The number of carbonyl (C=O) groups excluding carboxylic acids is 3. The molecular formula is C27H26Cl2F3N3O3. The van der Waals surface area contributed by atoms with Gasteiger partial charge in [0.25, 0.3) is 5.91 Å². The molecule has 3 heterocycles. The zero-order valence-corrected chi connectivity index (χ0v) is 22.8. The topological polar surface area (TPSA) is 72.3 Å². The maximum absolute atomic E-state index is 13.6. The first-order valence-electron chi connectivity index (χ1n) is 12.1. The molecule has 1 fully saturated rings. The average Bonchev–Trinajstić information content (AvgIpc) is 3.16. The summed E-state index contributed by atoms with van der Waals surface area (Å²) in [5.41, 5.74) is -0.750. The number of rotatable bonds is 5. The van der Waals surface area contributed by atoms with E-state index >= 15 is 0 Å². The molecule has 11 heteroatoms. The lowest BCUT2D eigenvalue weighted by atomic mass is 9.83. The number of aryl methyl sites for hydroxylation is 2. The van der Waals surface area contributed by atoms with Gasteiger partial charge in [0.05, 0.1) is 26.9 Å². The Kier molecular flexibility index (Phi) is 7.65. The minimum absolute atomic E-state index is 0.0102. The molecule has 0 aliphatic carbocycles. The molecule has 1 amide bonds. The first-order valence-corrected chi connectivity index (χ1v) is 12.8. The summed E-state index contributed by atoms with van der Waals surface area (Å²) >= 11 is 13.0. The van der Waals surface area contributed by atoms with Crippen LogP contribution in [0.25, 0.3) is 11.0 Å². The Bertz CT molecular complexity index is 1470. The summed E-state index contributed by atoms with van der Waals surface area (Å²) < 4.78 is 41.2. The van der Waals surface area contributed by atoms with Crippen molar-refractivity contribution >= 4 is 51.7 Å². The second-order valence-electron chi connectivity index (χ2n) is 9.94. The number of hydrogen-bond donors (Lipinski definition) is 0. The van der Waals surface area contributed by atoms with Crippen molar-refractivity contribution in [3.8, 4) is 0 Å². The zero-order chi connectivity index (χ0) is 28.1. The van der Waals surface area contributed by atoms with Gasteiger partial charge in [-0.05, 0) is 61.9 Å². The average molecular weight is 568 g/mol. The van der Waals surface area contributed by atoms with Crippen LogP contribution in [0.5, 0.6) is 0 Å². The van der Waals surface area contributed by atoms with Gasteiger partial charge in [-0.1, -0.05) is 30.1 Å². The molecule has 2 aromatic heterocycles. The standard InChI is InChI=1S/C27H26Cl2F3N3O3/c1-13-9-21(27(30,31)32)33-25-18(13)11-20(34(25)4)24(37)22-19(28)6-5-17(23(22)29)26(38)35-8-7-16(10-15(3)36)14(2)12-35/h5-6,9,11,14,16H,7-8,10,12H2,1-4H3/t14-,16+/m0/s1. The smallest absolute Gasteiger partial charge is 0.338 e. The number of aromatic nitrogens is 2. The van der Waals surface area contributed by atoms with Gasteiger partial charge in [0.1, 0.15) is 17.1 Å². The third-order valence-electron chi connectivity index (χ3n) is 7.20. The quantitative estimate of drug-likeness (QED) is 0.329. The number of ketones is 2. The van der Waals surface area contributed by atoms with Crippen LogP contribution in [0.4, 0.5) is 13.2 Å². The van der Waals surface area contributed by atoms with Crippen molar-refractivity contribution in [2.24, 2.45) is 18.9 Å². The van der Waals surface area contributed by atoms with Crippen molar-refractivity contribution in [3.63, 3.8) is 0 Å². The van der Waals surface area contributed by atoms with E-state index in [0.717, 1.165) is 6.07 Å². The van der Waals surface area contributed by atoms with Gasteiger partial charge < -0.3 is 14.3 Å². The highest BCUT2D eigenvalue weighted by atomic mass is 35.5. The number of amides is 1. The molecule has 0 N–H and O–H groups in total. The number of piperidine rings is 1. The lowest BCUT2D eigenvalue weighted by molar-refractivity contribution is -0.141. The lowest BCUT2D eigenvalue weighted by Crippen LogP contribution is -2.43. The molecule has 0 bridgehead atoms. The molecule has 0 unspecified atom stereocenters. The van der Waals surface area contributed by atoms with Crippen molar-refractivity contribution in [1.29, 1.82) is 0 Å². The van der Waals surface area contributed by atoms with Gasteiger partial charge >= 0.3 is 6.18 Å². The number of pyridine rings is 1. The molecule has 2 atom stereocenters. The monoisotopic (exact) mass is 567 g/mol. The fourth-order valence-electron chi connectivity index (χ4n) is 5.09. The summed E-state index contributed by atoms with van der Waals surface area (Å²) in [5, 5.41) is 0.263. The van der Waals surface area contributed by atoms with E-state index in [1.807, 2.05) is 6.92 Å². The lowest BCUT2D eigenvalue weighted by Gasteiger charge is -2.37. The minimum atomic E-state index is -4.65. The first kappa shape index (κ1) is 28.1. The summed E-state index contributed by atoms with van der Waals surface area (Å²) in [6, 6.07) is 5.24. The molecule has 202 valence electrons. The van der Waals surface area contributed by atoms with Crippen LogP contribution >= 0.6 is 23.2 Å². The molecule has 1 saturated heterocycles. The maximum Gasteiger partial charge on any atom is 0.433 e. The largest absolute Gasteiger partial charge is 0.433 e. The van der Waals surface area contributed by atoms with Gasteiger partial charge in [0.15, 0.2) is 0 Å². The Morgan fingerprint density at radius 3 is 2.45 bits per heavy atom. The first-order chi connectivity index (χ1) is 17.7. The number of hydrogen-bond acceptors (Lipinski definition) is 4. The molecule has 1 aromatic carbocycles. The van der Waals surface area contributed by atoms with Crippen LogP contribution in [0, 0.1) is 18.8 Å². The Morgan fingerprint density at radius 2 is 1.84 bits per heavy atom. The molecule has 1 aliphatic rings. The highest BCUT2D eigenvalue weighted by molar-refractivity contribution is 6.42. The number of fused-ring (bicyclic) bond motifs is 1. The molecule has 6 nitrogen and oxygen atoms in total. The summed E-state index contributed by atoms with van der Waals surface area (Å²) in [7, 11) is 1.44. The number of Topliss-reactive ketones (excluding diaryl/α,β-unsaturated/α-hetero) is 1. The SMILES string of the molecule is CC(=O)C[C@H]1CCN(C(=O)c2ccc(Cl)c(C(=O)c3cc4c(C)cc(C(F)(F)F)nc4n3C)c2Cl)C[C@@H]1C. The Balaban J connectivity index is 1.69. The molecule has 0 spiro atoms. The number of halogens is 5. The van der Waals surface area contributed by atoms with Gasteiger partial charge in [0, 0.05) is 31.9 Å². The summed E-state index contributed by atoms with van der Waals surface area (Å²) in [6.45, 7) is 5.94. The second-order valence-corrected chi connectivity index (χ2v) is 10.7. The Morgan fingerprint density at radius 1 is 1.16 bits per heavy atom. The van der Waals surface area contributed by atoms with Crippen LogP contribution < -0.4 is 0 Å². The van der Waals surface area contributed by atoms with Crippen molar-refractivity contribution < 1.29 is 27.6 Å². The fourth-order valence-corrected chi connectivity index (χ4v) is 5.71. The molecule has 0 saturated carbocycles. The van der Waals surface area contributed by atoms with Gasteiger partial charge in [0.2, 0.25) is 5.78 Å². The molecule has 1 aliphatic heterocycles. The minimum Gasteiger partial charge on any atom is -0.338 e. The van der Waals surface area contributed by atoms with Gasteiger partial charge in [-0.2, -0.15) is 13.2 Å². The normalized spacial score (nSPS) is 18.2. The van der Waals surface area contributed by atoms with Gasteiger partial charge in [-0.25, -0.2) is 4.98 Å². The van der Waals surface area contributed by atoms with E-state index in [-0.39, 0.29) is 56.0 Å². The third kappa shape index (κ3) is 5.18. The van der Waals surface area contributed by atoms with Gasteiger partial charge in [-0.3, -0.25) is 9.59 Å². The van der Waals surface area contributed by atoms with Crippen LogP contribution in [0.1, 0.15) is 64.4 Å². The summed E-state index contributed by atoms with van der Waals surface area (Å²) in [4.78, 5) is 43.9. The fraction of sp³-hybridized carbons (Fsp3) is 0.407. The summed E-state index contributed by atoms with van der Waals surface area (Å²) in [6.07, 6.45) is -3.51. The highest BCUT2D eigenvalue weighted by Crippen LogP contribution is 2.36. The van der Waals surface area contributed by atoms with E-state index in [2.05, 4.69) is 4.98 Å². The predicted molar refractivity (Wildman–Crippen MR) is 139 cm³/mol. The number of alkyl halides is 3. The maximum atomic E-state index is 13.6. The molecular weight excluding hydrogens is 542 g/mol.